The summed E-state index contributed by atoms with van der Waals surface area (Å²) in [7, 11) is 0. The third-order valence-electron chi connectivity index (χ3n) is 3.53. The fourth-order valence-electron chi connectivity index (χ4n) is 2.10. The minimum atomic E-state index is -1.95. The lowest BCUT2D eigenvalue weighted by atomic mass is 9.98. The molecule has 12 heteroatoms. The molecule has 1 saturated heterocycles. The topological polar surface area (TPSA) is 197 Å². The predicted octanol–water partition coefficient (Wildman–Crippen LogP) is -5.40. The number of aliphatic hydroxyl groups is 8. The first-order chi connectivity index (χ1) is 10.8. The molecule has 0 spiro atoms. The van der Waals surface area contributed by atoms with Gasteiger partial charge in [0.2, 0.25) is 0 Å². The van der Waals surface area contributed by atoms with Gasteiger partial charge in [-0.1, -0.05) is 0 Å². The van der Waals surface area contributed by atoms with E-state index in [0.717, 1.165) is 0 Å². The van der Waals surface area contributed by atoms with Gasteiger partial charge in [0.15, 0.2) is 12.6 Å². The third-order valence-corrected chi connectivity index (χ3v) is 3.53. The van der Waals surface area contributed by atoms with Crippen molar-refractivity contribution >= 4 is 6.29 Å². The molecule has 1 rings (SSSR count). The fourth-order valence-corrected chi connectivity index (χ4v) is 2.10. The molecule has 0 aromatic carbocycles. The Morgan fingerprint density at radius 1 is 1.04 bits per heavy atom. The number of carbonyl (C=O) groups is 1. The zero-order valence-electron chi connectivity index (χ0n) is 12.4. The first-order valence-electron chi connectivity index (χ1n) is 6.84. The Morgan fingerprint density at radius 3 is 2.08 bits per heavy atom. The molecule has 1 fully saturated rings. The van der Waals surface area contributed by atoms with Gasteiger partial charge < -0.3 is 55.1 Å². The van der Waals surface area contributed by atoms with Crippen molar-refractivity contribution in [3.05, 3.63) is 0 Å². The number of aldehydes is 1. The van der Waals surface area contributed by atoms with Crippen LogP contribution in [0.1, 0.15) is 0 Å². The van der Waals surface area contributed by atoms with Gasteiger partial charge >= 0.3 is 0 Å². The van der Waals surface area contributed by atoms with Gasteiger partial charge in [-0.2, -0.15) is 0 Å². The number of hydrogen-bond donors (Lipinski definition) is 8. The average molecular weight is 362 g/mol. The van der Waals surface area contributed by atoms with Crippen molar-refractivity contribution in [3.63, 3.8) is 0 Å². The highest BCUT2D eigenvalue weighted by atomic mass is 19.0. The number of ether oxygens (including phenoxy) is 2. The second-order valence-electron chi connectivity index (χ2n) is 5.17. The van der Waals surface area contributed by atoms with Gasteiger partial charge in [-0.3, -0.25) is 4.70 Å². The highest BCUT2D eigenvalue weighted by Gasteiger charge is 2.46. The van der Waals surface area contributed by atoms with Crippen molar-refractivity contribution in [2.45, 2.75) is 55.1 Å². The van der Waals surface area contributed by atoms with Crippen LogP contribution < -0.4 is 0 Å². The van der Waals surface area contributed by atoms with E-state index in [1.165, 1.54) is 0 Å². The molecule has 0 aliphatic carbocycles. The molecule has 24 heavy (non-hydrogen) atoms. The molecule has 1 heterocycles. The first-order valence-corrected chi connectivity index (χ1v) is 6.84. The second kappa shape index (κ2) is 10.2. The summed E-state index contributed by atoms with van der Waals surface area (Å²) in [5, 5.41) is 75.6. The first kappa shape index (κ1) is 23.2. The Kier molecular flexibility index (Phi) is 9.91. The molecule has 1 aliphatic heterocycles. The zero-order valence-corrected chi connectivity index (χ0v) is 12.4. The van der Waals surface area contributed by atoms with Crippen LogP contribution in [-0.4, -0.2) is 115 Å². The van der Waals surface area contributed by atoms with Crippen LogP contribution >= 0.6 is 0 Å². The standard InChI is InChI=1S/C12H22O11.FH/c13-1-4(16)7(18)11(5(17)2-14)23-12-10(21)9(20)8(19)6(3-15)22-12;/h2,4-13,15-21H,1,3H2;1H/t4-,5+,6-,7-,8-,9+,10-,11-,12+;/m1./s1. The largest absolute Gasteiger partial charge is 0.394 e. The monoisotopic (exact) mass is 362 g/mol. The lowest BCUT2D eigenvalue weighted by Crippen LogP contribution is -2.61. The summed E-state index contributed by atoms with van der Waals surface area (Å²) in [5.41, 5.74) is 0. The Hall–Kier alpha value is -0.800. The summed E-state index contributed by atoms with van der Waals surface area (Å²) in [6.07, 6.45) is -15.7. The minimum absolute atomic E-state index is 0. The summed E-state index contributed by atoms with van der Waals surface area (Å²) >= 11 is 0. The highest BCUT2D eigenvalue weighted by molar-refractivity contribution is 5.56. The van der Waals surface area contributed by atoms with Crippen LogP contribution in [0.3, 0.4) is 0 Å². The number of aliphatic hydroxyl groups excluding tert-OH is 8. The molecule has 144 valence electrons. The zero-order chi connectivity index (χ0) is 17.7. The smallest absolute Gasteiger partial charge is 0.187 e. The van der Waals surface area contributed by atoms with Crippen LogP contribution in [0.15, 0.2) is 0 Å². The Labute approximate surface area is 135 Å². The summed E-state index contributed by atoms with van der Waals surface area (Å²) in [5.74, 6) is 0. The summed E-state index contributed by atoms with van der Waals surface area (Å²) < 4.78 is 10.0. The lowest BCUT2D eigenvalue weighted by Gasteiger charge is -2.41. The average Bonchev–Trinajstić information content (AvgIpc) is 2.57. The molecule has 0 saturated carbocycles. The number of rotatable bonds is 8. The maximum absolute atomic E-state index is 10.7. The Morgan fingerprint density at radius 2 is 1.62 bits per heavy atom. The molecule has 11 nitrogen and oxygen atoms in total. The number of halogens is 1. The molecule has 8 N–H and O–H groups in total. The van der Waals surface area contributed by atoms with Crippen LogP contribution in [0, 0.1) is 0 Å². The molecule has 1 aliphatic rings. The summed E-state index contributed by atoms with van der Waals surface area (Å²) in [4.78, 5) is 10.7. The van der Waals surface area contributed by atoms with Gasteiger partial charge in [-0.15, -0.1) is 0 Å². The molecule has 0 bridgehead atoms. The van der Waals surface area contributed by atoms with Crippen molar-refractivity contribution in [3.8, 4) is 0 Å². The molecule has 0 aromatic heterocycles. The van der Waals surface area contributed by atoms with E-state index in [2.05, 4.69) is 0 Å². The molecule has 9 atom stereocenters. The van der Waals surface area contributed by atoms with Crippen molar-refractivity contribution in [1.82, 2.24) is 0 Å². The van der Waals surface area contributed by atoms with E-state index >= 15 is 0 Å². The van der Waals surface area contributed by atoms with E-state index in [1.54, 1.807) is 0 Å². The lowest BCUT2D eigenvalue weighted by molar-refractivity contribution is -0.324. The van der Waals surface area contributed by atoms with Gasteiger partial charge in [0.05, 0.1) is 13.2 Å². The van der Waals surface area contributed by atoms with Crippen LogP contribution in [0.4, 0.5) is 4.70 Å². The molecule has 0 amide bonds. The maximum Gasteiger partial charge on any atom is 0.187 e. The molecule has 0 unspecified atom stereocenters. The molecule has 0 radical (unpaired) electrons. The van der Waals surface area contributed by atoms with Crippen LogP contribution in [0.25, 0.3) is 0 Å². The van der Waals surface area contributed by atoms with Gasteiger partial charge in [-0.05, 0) is 0 Å². The fraction of sp³-hybridized carbons (Fsp3) is 0.917. The highest BCUT2D eigenvalue weighted by Crippen LogP contribution is 2.24. The Bertz CT molecular complexity index is 371. The molecular formula is C12H23FO11. The van der Waals surface area contributed by atoms with Crippen molar-refractivity contribution in [2.24, 2.45) is 0 Å². The van der Waals surface area contributed by atoms with Gasteiger partial charge in [0.25, 0.3) is 0 Å². The number of hydrogen-bond acceptors (Lipinski definition) is 11. The summed E-state index contributed by atoms with van der Waals surface area (Å²) in [6.45, 7) is -1.63. The minimum Gasteiger partial charge on any atom is -0.394 e. The van der Waals surface area contributed by atoms with Crippen molar-refractivity contribution in [2.75, 3.05) is 13.2 Å². The van der Waals surface area contributed by atoms with Crippen LogP contribution in [0.5, 0.6) is 0 Å². The van der Waals surface area contributed by atoms with Crippen LogP contribution in [0.2, 0.25) is 0 Å². The van der Waals surface area contributed by atoms with Gasteiger partial charge in [0.1, 0.15) is 48.8 Å². The van der Waals surface area contributed by atoms with Crippen molar-refractivity contribution < 1.29 is 59.8 Å². The third kappa shape index (κ3) is 5.10. The normalized spacial score (nSPS) is 35.4. The van der Waals surface area contributed by atoms with E-state index in [-0.39, 0.29) is 11.0 Å². The van der Waals surface area contributed by atoms with E-state index in [0.29, 0.717) is 0 Å². The van der Waals surface area contributed by atoms with Crippen LogP contribution in [-0.2, 0) is 14.3 Å². The predicted molar refractivity (Wildman–Crippen MR) is 72.3 cm³/mol. The quantitative estimate of drug-likeness (QED) is 0.192. The SMILES string of the molecule is F.O=C[C@H](O)[C@@H](O[C@@H]1O[C@H](CO)[C@@H](O)[C@H](O)[C@H]1O)[C@H](O)[C@H](O)CO. The van der Waals surface area contributed by atoms with Gasteiger partial charge in [-0.25, -0.2) is 0 Å². The van der Waals surface area contributed by atoms with Gasteiger partial charge in [0, 0.05) is 0 Å². The molecule has 0 aromatic rings. The Balaban J connectivity index is 0.00000529. The van der Waals surface area contributed by atoms with Crippen molar-refractivity contribution in [1.29, 1.82) is 0 Å². The van der Waals surface area contributed by atoms with E-state index in [9.17, 15) is 35.4 Å². The summed E-state index contributed by atoms with van der Waals surface area (Å²) in [6, 6.07) is 0. The maximum atomic E-state index is 10.7. The van der Waals surface area contributed by atoms with E-state index in [1.807, 2.05) is 0 Å². The molecular weight excluding hydrogens is 339 g/mol. The van der Waals surface area contributed by atoms with E-state index in [4.69, 9.17) is 19.7 Å². The van der Waals surface area contributed by atoms with E-state index < -0.39 is 68.3 Å². The number of carbonyl (C=O) groups excluding carboxylic acids is 1. The second-order valence-corrected chi connectivity index (χ2v) is 5.17.